The van der Waals surface area contributed by atoms with E-state index in [1.807, 2.05) is 65.6 Å². The number of carbonyl (C=O) groups is 1. The van der Waals surface area contributed by atoms with E-state index in [2.05, 4.69) is 29.2 Å². The highest BCUT2D eigenvalue weighted by Gasteiger charge is 2.26. The Morgan fingerprint density at radius 2 is 1.42 bits per heavy atom. The topological polar surface area (TPSA) is 57.9 Å². The minimum Gasteiger partial charge on any atom is -0.335 e. The molecule has 3 aromatic heterocycles. The van der Waals surface area contributed by atoms with Crippen LogP contribution in [0.2, 0.25) is 0 Å². The lowest BCUT2D eigenvalue weighted by atomic mass is 10.1. The first-order valence-electron chi connectivity index (χ1n) is 12.3. The number of amides is 1. The maximum atomic E-state index is 13.7. The van der Waals surface area contributed by atoms with Crippen molar-refractivity contribution in [3.05, 3.63) is 107 Å². The van der Waals surface area contributed by atoms with Crippen LogP contribution in [0.25, 0.3) is 38.1 Å². The molecular formula is C30H24N4O2. The first-order valence-corrected chi connectivity index (χ1v) is 12.3. The fraction of sp³-hybridized carbons (Fsp3) is 0.167. The summed E-state index contributed by atoms with van der Waals surface area (Å²) in [5.74, 6) is -0.0567. The van der Waals surface area contributed by atoms with Gasteiger partial charge in [0, 0.05) is 54.3 Å². The van der Waals surface area contributed by atoms with Crippen LogP contribution < -0.4 is 5.56 Å². The first-order chi connectivity index (χ1) is 17.7. The highest BCUT2D eigenvalue weighted by atomic mass is 16.2. The summed E-state index contributed by atoms with van der Waals surface area (Å²) in [6, 6.07) is 27.7. The third-order valence-electron chi connectivity index (χ3n) is 7.39. The average molecular weight is 473 g/mol. The molecule has 176 valence electrons. The van der Waals surface area contributed by atoms with Gasteiger partial charge in [-0.15, -0.1) is 0 Å². The molecule has 0 atom stereocenters. The first kappa shape index (κ1) is 21.0. The monoisotopic (exact) mass is 472 g/mol. The molecule has 1 amide bonds. The minimum absolute atomic E-state index is 0.0558. The third kappa shape index (κ3) is 3.18. The van der Waals surface area contributed by atoms with Crippen LogP contribution in [0.4, 0.5) is 0 Å². The smallest absolute Gasteiger partial charge is 0.272 e. The summed E-state index contributed by atoms with van der Waals surface area (Å²) in [5.41, 5.74) is 3.98. The van der Waals surface area contributed by atoms with Crippen molar-refractivity contribution < 1.29 is 4.79 Å². The number of nitrogens with zero attached hydrogens (tertiary/aromatic N) is 4. The molecule has 1 aliphatic heterocycles. The van der Waals surface area contributed by atoms with Gasteiger partial charge in [-0.05, 0) is 23.8 Å². The van der Waals surface area contributed by atoms with E-state index < -0.39 is 0 Å². The standard InChI is InChI=1S/C30H24N4O2/c35-29-23-12-5-4-11-22(23)27-28-24(21-10-6-7-13-26(21)34(28)29)18-25(31-27)30(36)33-16-14-32(15-17-33)19-20-8-2-1-3-9-20/h1-13,18H,14-17,19H2. The molecule has 4 heterocycles. The van der Waals surface area contributed by atoms with Crippen LogP contribution in [-0.2, 0) is 6.54 Å². The Kier molecular flexibility index (Phi) is 4.75. The lowest BCUT2D eigenvalue weighted by Crippen LogP contribution is -2.48. The minimum atomic E-state index is -0.0567. The van der Waals surface area contributed by atoms with Crippen molar-refractivity contribution in [3.8, 4) is 0 Å². The second-order valence-corrected chi connectivity index (χ2v) is 9.51. The van der Waals surface area contributed by atoms with E-state index in [1.165, 1.54) is 5.56 Å². The summed E-state index contributed by atoms with van der Waals surface area (Å²) in [6.45, 7) is 3.87. The molecule has 6 nitrogen and oxygen atoms in total. The zero-order chi connectivity index (χ0) is 24.2. The molecule has 6 heteroatoms. The van der Waals surface area contributed by atoms with E-state index in [-0.39, 0.29) is 11.5 Å². The number of hydrogen-bond acceptors (Lipinski definition) is 4. The van der Waals surface area contributed by atoms with Crippen LogP contribution in [0, 0.1) is 0 Å². The summed E-state index contributed by atoms with van der Waals surface area (Å²) in [5, 5.41) is 3.24. The van der Waals surface area contributed by atoms with Gasteiger partial charge in [-0.3, -0.25) is 18.9 Å². The number of hydrogen-bond donors (Lipinski definition) is 0. The van der Waals surface area contributed by atoms with E-state index in [1.54, 1.807) is 4.40 Å². The number of piperazine rings is 1. The number of aromatic nitrogens is 2. The van der Waals surface area contributed by atoms with Crippen LogP contribution >= 0.6 is 0 Å². The van der Waals surface area contributed by atoms with Crippen LogP contribution in [0.5, 0.6) is 0 Å². The third-order valence-corrected chi connectivity index (χ3v) is 7.39. The molecule has 36 heavy (non-hydrogen) atoms. The number of para-hydroxylation sites is 1. The second-order valence-electron chi connectivity index (χ2n) is 9.51. The predicted octanol–water partition coefficient (Wildman–Crippen LogP) is 4.55. The lowest BCUT2D eigenvalue weighted by Gasteiger charge is -2.34. The van der Waals surface area contributed by atoms with E-state index in [0.717, 1.165) is 46.8 Å². The highest BCUT2D eigenvalue weighted by Crippen LogP contribution is 2.34. The molecule has 0 N–H and O–H groups in total. The molecule has 1 fully saturated rings. The maximum absolute atomic E-state index is 13.7. The van der Waals surface area contributed by atoms with Gasteiger partial charge in [-0.1, -0.05) is 66.7 Å². The van der Waals surface area contributed by atoms with Gasteiger partial charge in [0.15, 0.2) is 0 Å². The van der Waals surface area contributed by atoms with E-state index in [9.17, 15) is 9.59 Å². The number of benzene rings is 3. The molecular weight excluding hydrogens is 448 g/mol. The van der Waals surface area contributed by atoms with Gasteiger partial charge in [-0.25, -0.2) is 4.98 Å². The Morgan fingerprint density at radius 1 is 0.750 bits per heavy atom. The van der Waals surface area contributed by atoms with Gasteiger partial charge in [0.2, 0.25) is 0 Å². The normalized spacial score (nSPS) is 14.9. The Hall–Kier alpha value is -4.29. The molecule has 3 aromatic carbocycles. The largest absolute Gasteiger partial charge is 0.335 e. The Labute approximate surface area is 207 Å². The second kappa shape index (κ2) is 8.14. The average Bonchev–Trinajstić information content (AvgIpc) is 3.27. The molecule has 1 saturated heterocycles. The van der Waals surface area contributed by atoms with E-state index in [4.69, 9.17) is 4.98 Å². The molecule has 0 radical (unpaired) electrons. The number of pyridine rings is 2. The van der Waals surface area contributed by atoms with E-state index in [0.29, 0.717) is 29.7 Å². The van der Waals surface area contributed by atoms with Gasteiger partial charge in [0.1, 0.15) is 5.69 Å². The van der Waals surface area contributed by atoms with Crippen molar-refractivity contribution in [2.75, 3.05) is 26.2 Å². The zero-order valence-electron chi connectivity index (χ0n) is 19.7. The van der Waals surface area contributed by atoms with Crippen molar-refractivity contribution in [1.29, 1.82) is 0 Å². The van der Waals surface area contributed by atoms with Crippen molar-refractivity contribution >= 4 is 44.0 Å². The van der Waals surface area contributed by atoms with Gasteiger partial charge in [0.05, 0.1) is 16.6 Å². The van der Waals surface area contributed by atoms with Crippen molar-refractivity contribution in [3.63, 3.8) is 0 Å². The maximum Gasteiger partial charge on any atom is 0.272 e. The van der Waals surface area contributed by atoms with Gasteiger partial charge in [-0.2, -0.15) is 0 Å². The van der Waals surface area contributed by atoms with Crippen LogP contribution in [0.15, 0.2) is 89.7 Å². The summed E-state index contributed by atoms with van der Waals surface area (Å²) >= 11 is 0. The quantitative estimate of drug-likeness (QED) is 0.355. The Balaban J connectivity index is 1.30. The fourth-order valence-electron chi connectivity index (χ4n) is 5.60. The summed E-state index contributed by atoms with van der Waals surface area (Å²) < 4.78 is 1.76. The number of carbonyl (C=O) groups excluding carboxylic acids is 1. The lowest BCUT2D eigenvalue weighted by molar-refractivity contribution is 0.0623. The molecule has 7 rings (SSSR count). The molecule has 0 spiro atoms. The molecule has 0 bridgehead atoms. The molecule has 6 aromatic rings. The fourth-order valence-corrected chi connectivity index (χ4v) is 5.60. The highest BCUT2D eigenvalue weighted by molar-refractivity contribution is 6.20. The van der Waals surface area contributed by atoms with E-state index >= 15 is 0 Å². The molecule has 1 aliphatic rings. The Morgan fingerprint density at radius 3 is 2.19 bits per heavy atom. The predicted molar refractivity (Wildman–Crippen MR) is 143 cm³/mol. The van der Waals surface area contributed by atoms with Crippen molar-refractivity contribution in [2.24, 2.45) is 0 Å². The van der Waals surface area contributed by atoms with Gasteiger partial charge < -0.3 is 4.90 Å². The van der Waals surface area contributed by atoms with Crippen LogP contribution in [0.1, 0.15) is 16.1 Å². The van der Waals surface area contributed by atoms with Crippen LogP contribution in [-0.4, -0.2) is 51.3 Å². The summed E-state index contributed by atoms with van der Waals surface area (Å²) in [7, 11) is 0. The zero-order valence-corrected chi connectivity index (χ0v) is 19.7. The van der Waals surface area contributed by atoms with Gasteiger partial charge >= 0.3 is 0 Å². The molecule has 0 aliphatic carbocycles. The van der Waals surface area contributed by atoms with Crippen LogP contribution in [0.3, 0.4) is 0 Å². The molecule has 0 saturated carbocycles. The Bertz CT molecular complexity index is 1820. The van der Waals surface area contributed by atoms with Crippen molar-refractivity contribution in [2.45, 2.75) is 6.54 Å². The summed E-state index contributed by atoms with van der Waals surface area (Å²) in [4.78, 5) is 36.3. The molecule has 0 unspecified atom stereocenters. The SMILES string of the molecule is O=C(c1cc2c3ccccc3n3c(=O)c4ccccc4c(n1)c23)N1CCN(Cc2ccccc2)CC1. The summed E-state index contributed by atoms with van der Waals surface area (Å²) in [6.07, 6.45) is 0. The van der Waals surface area contributed by atoms with Gasteiger partial charge in [0.25, 0.3) is 11.5 Å². The van der Waals surface area contributed by atoms with Crippen molar-refractivity contribution in [1.82, 2.24) is 19.2 Å². The number of rotatable bonds is 3. The number of fused-ring (bicyclic) bond motifs is 5.